The van der Waals surface area contributed by atoms with Crippen molar-refractivity contribution in [1.82, 2.24) is 9.97 Å². The quantitative estimate of drug-likeness (QED) is 0.470. The van der Waals surface area contributed by atoms with Gasteiger partial charge in [-0.15, -0.1) is 0 Å². The maximum absolute atomic E-state index is 4.78. The molecule has 1 heterocycles. The van der Waals surface area contributed by atoms with E-state index in [1.165, 1.54) is 22.3 Å². The molecule has 5 rings (SSSR count). The maximum Gasteiger partial charge on any atom is 0.138 e. The molecule has 0 radical (unpaired) electrons. The largest absolute Gasteiger partial charge is 0.338 e. The molecule has 0 amide bonds. The van der Waals surface area contributed by atoms with Gasteiger partial charge in [-0.05, 0) is 40.8 Å². The Kier molecular flexibility index (Phi) is 2.30. The molecule has 0 aliphatic heterocycles. The first-order valence-electron chi connectivity index (χ1n) is 7.55. The lowest BCUT2D eigenvalue weighted by Crippen LogP contribution is -1.80. The fourth-order valence-electron chi connectivity index (χ4n) is 3.37. The Balaban J connectivity index is 1.71. The Morgan fingerprint density at radius 3 is 2.50 bits per heavy atom. The minimum absolute atomic E-state index is 0.938. The molecule has 0 saturated heterocycles. The number of hydrogen-bond acceptors (Lipinski definition) is 1. The topological polar surface area (TPSA) is 28.7 Å². The average molecular weight is 282 g/mol. The van der Waals surface area contributed by atoms with Gasteiger partial charge in [0, 0.05) is 5.56 Å². The van der Waals surface area contributed by atoms with E-state index in [2.05, 4.69) is 53.5 Å². The summed E-state index contributed by atoms with van der Waals surface area (Å²) >= 11 is 0. The van der Waals surface area contributed by atoms with Crippen LogP contribution in [0.25, 0.3) is 33.5 Å². The summed E-state index contributed by atoms with van der Waals surface area (Å²) in [5, 5.41) is 0. The van der Waals surface area contributed by atoms with Crippen LogP contribution in [-0.4, -0.2) is 9.97 Å². The van der Waals surface area contributed by atoms with Crippen LogP contribution in [0.5, 0.6) is 0 Å². The molecule has 1 N–H and O–H groups in total. The predicted molar refractivity (Wildman–Crippen MR) is 89.8 cm³/mol. The van der Waals surface area contributed by atoms with Crippen molar-refractivity contribution in [2.45, 2.75) is 6.42 Å². The molecule has 0 fully saturated rings. The third kappa shape index (κ3) is 1.64. The van der Waals surface area contributed by atoms with Gasteiger partial charge in [-0.1, -0.05) is 54.6 Å². The number of nitrogens with zero attached hydrogens (tertiary/aromatic N) is 1. The highest BCUT2D eigenvalue weighted by Crippen LogP contribution is 2.38. The number of benzene rings is 3. The van der Waals surface area contributed by atoms with E-state index < -0.39 is 0 Å². The van der Waals surface area contributed by atoms with Crippen molar-refractivity contribution in [3.05, 3.63) is 77.9 Å². The van der Waals surface area contributed by atoms with Gasteiger partial charge in [0.1, 0.15) is 5.82 Å². The highest BCUT2D eigenvalue weighted by Gasteiger charge is 2.19. The van der Waals surface area contributed by atoms with Gasteiger partial charge in [-0.2, -0.15) is 0 Å². The minimum Gasteiger partial charge on any atom is -0.338 e. The molecule has 4 aromatic rings. The van der Waals surface area contributed by atoms with Crippen LogP contribution >= 0.6 is 0 Å². The highest BCUT2D eigenvalue weighted by molar-refractivity contribution is 5.89. The van der Waals surface area contributed by atoms with Crippen molar-refractivity contribution in [1.29, 1.82) is 0 Å². The molecule has 0 unspecified atom stereocenters. The van der Waals surface area contributed by atoms with Crippen molar-refractivity contribution < 1.29 is 0 Å². The number of aromatic amines is 1. The average Bonchev–Trinajstić information content (AvgIpc) is 3.14. The van der Waals surface area contributed by atoms with Crippen LogP contribution < -0.4 is 0 Å². The Morgan fingerprint density at radius 2 is 1.59 bits per heavy atom. The first-order valence-corrected chi connectivity index (χ1v) is 7.55. The normalized spacial score (nSPS) is 12.4. The molecular formula is C20H14N2. The first kappa shape index (κ1) is 11.8. The van der Waals surface area contributed by atoms with Gasteiger partial charge >= 0.3 is 0 Å². The van der Waals surface area contributed by atoms with E-state index in [9.17, 15) is 0 Å². The Labute approximate surface area is 128 Å². The molecule has 1 aromatic heterocycles. The number of imidazole rings is 1. The van der Waals surface area contributed by atoms with Crippen molar-refractivity contribution in [2.75, 3.05) is 0 Å². The summed E-state index contributed by atoms with van der Waals surface area (Å²) in [6, 6.07) is 23.4. The lowest BCUT2D eigenvalue weighted by Gasteiger charge is -1.99. The van der Waals surface area contributed by atoms with Gasteiger partial charge in [0.05, 0.1) is 11.0 Å². The second kappa shape index (κ2) is 4.31. The third-order valence-electron chi connectivity index (χ3n) is 4.44. The smallest absolute Gasteiger partial charge is 0.138 e. The van der Waals surface area contributed by atoms with Crippen LogP contribution in [-0.2, 0) is 6.42 Å². The van der Waals surface area contributed by atoms with Crippen molar-refractivity contribution in [3.63, 3.8) is 0 Å². The number of hydrogen-bond donors (Lipinski definition) is 1. The predicted octanol–water partition coefficient (Wildman–Crippen LogP) is 4.80. The molecule has 0 bridgehead atoms. The molecular weight excluding hydrogens is 268 g/mol. The summed E-state index contributed by atoms with van der Waals surface area (Å²) in [5.41, 5.74) is 8.75. The minimum atomic E-state index is 0.938. The number of nitrogens with one attached hydrogen (secondary N) is 1. The molecule has 1 aliphatic carbocycles. The summed E-state index contributed by atoms with van der Waals surface area (Å²) < 4.78 is 0. The molecule has 0 saturated carbocycles. The standard InChI is InChI=1S/C20H14N2/c1-2-6-13(7-3-1)20-21-18-11-15-10-14-8-4-5-9-16(14)17(15)12-19(18)22-20/h1-9,11-12H,10H2,(H,21,22). The zero-order valence-corrected chi connectivity index (χ0v) is 12.0. The maximum atomic E-state index is 4.78. The van der Waals surface area contributed by atoms with Gasteiger partial charge in [0.25, 0.3) is 0 Å². The third-order valence-corrected chi connectivity index (χ3v) is 4.44. The van der Waals surface area contributed by atoms with Crippen LogP contribution in [0.15, 0.2) is 66.7 Å². The van der Waals surface area contributed by atoms with Crippen molar-refractivity contribution in [3.8, 4) is 22.5 Å². The van der Waals surface area contributed by atoms with Gasteiger partial charge in [0.2, 0.25) is 0 Å². The van der Waals surface area contributed by atoms with Gasteiger partial charge in [-0.25, -0.2) is 4.98 Å². The van der Waals surface area contributed by atoms with Crippen LogP contribution in [0, 0.1) is 0 Å². The first-order chi connectivity index (χ1) is 10.9. The Hall–Kier alpha value is -2.87. The van der Waals surface area contributed by atoms with Gasteiger partial charge in [0.15, 0.2) is 0 Å². The Morgan fingerprint density at radius 1 is 0.773 bits per heavy atom. The molecule has 2 nitrogen and oxygen atoms in total. The van der Waals surface area contributed by atoms with Crippen molar-refractivity contribution in [2.24, 2.45) is 0 Å². The number of aromatic nitrogens is 2. The lowest BCUT2D eigenvalue weighted by atomic mass is 10.1. The summed E-state index contributed by atoms with van der Waals surface area (Å²) in [7, 11) is 0. The highest BCUT2D eigenvalue weighted by atomic mass is 14.9. The summed E-state index contributed by atoms with van der Waals surface area (Å²) in [6.07, 6.45) is 1.02. The molecule has 104 valence electrons. The zero-order chi connectivity index (χ0) is 14.5. The molecule has 1 aliphatic rings. The monoisotopic (exact) mass is 282 g/mol. The van der Waals surface area contributed by atoms with E-state index in [0.29, 0.717) is 0 Å². The molecule has 2 heteroatoms. The molecule has 0 atom stereocenters. The number of fused-ring (bicyclic) bond motifs is 4. The number of H-pyrrole nitrogens is 1. The summed E-state index contributed by atoms with van der Waals surface area (Å²) in [6.45, 7) is 0. The van der Waals surface area contributed by atoms with Crippen molar-refractivity contribution >= 4 is 11.0 Å². The van der Waals surface area contributed by atoms with Crippen LogP contribution in [0.4, 0.5) is 0 Å². The van der Waals surface area contributed by atoms with E-state index >= 15 is 0 Å². The van der Waals surface area contributed by atoms with E-state index in [1.54, 1.807) is 0 Å². The molecule has 3 aromatic carbocycles. The van der Waals surface area contributed by atoms with Crippen LogP contribution in [0.1, 0.15) is 11.1 Å². The zero-order valence-electron chi connectivity index (χ0n) is 12.0. The van der Waals surface area contributed by atoms with E-state index in [0.717, 1.165) is 28.8 Å². The fraction of sp³-hybridized carbons (Fsp3) is 0.0500. The van der Waals surface area contributed by atoms with E-state index in [4.69, 9.17) is 4.98 Å². The lowest BCUT2D eigenvalue weighted by molar-refractivity contribution is 1.26. The Bertz CT molecular complexity index is 997. The second-order valence-corrected chi connectivity index (χ2v) is 5.81. The molecule has 22 heavy (non-hydrogen) atoms. The molecule has 0 spiro atoms. The second-order valence-electron chi connectivity index (χ2n) is 5.81. The van der Waals surface area contributed by atoms with Gasteiger partial charge < -0.3 is 4.98 Å². The fourth-order valence-corrected chi connectivity index (χ4v) is 3.37. The summed E-state index contributed by atoms with van der Waals surface area (Å²) in [4.78, 5) is 8.24. The van der Waals surface area contributed by atoms with Gasteiger partial charge in [-0.3, -0.25) is 0 Å². The summed E-state index contributed by atoms with van der Waals surface area (Å²) in [5.74, 6) is 0.938. The van der Waals surface area contributed by atoms with Crippen LogP contribution in [0.3, 0.4) is 0 Å². The van der Waals surface area contributed by atoms with Crippen LogP contribution in [0.2, 0.25) is 0 Å². The number of rotatable bonds is 1. The SMILES string of the molecule is c1ccc(-c2nc3cc4c(cc3[nH]2)Cc2ccccc2-4)cc1. The van der Waals surface area contributed by atoms with E-state index in [-0.39, 0.29) is 0 Å². The van der Waals surface area contributed by atoms with E-state index in [1.807, 2.05) is 18.2 Å².